The standard InChI is InChI=1S/C9H13N/c1-2-3-4-7-10-8-5-6-9-10/h4-9H,2-3H2,1H3. The summed E-state index contributed by atoms with van der Waals surface area (Å²) in [6, 6.07) is 4.05. The molecule has 1 rings (SSSR count). The van der Waals surface area contributed by atoms with E-state index in [2.05, 4.69) is 23.8 Å². The molecule has 0 fully saturated rings. The Balaban J connectivity index is 2.40. The van der Waals surface area contributed by atoms with Crippen LogP contribution in [-0.2, 0) is 0 Å². The minimum absolute atomic E-state index is 1.16. The van der Waals surface area contributed by atoms with Gasteiger partial charge in [0.05, 0.1) is 0 Å². The zero-order valence-electron chi connectivity index (χ0n) is 6.33. The van der Waals surface area contributed by atoms with Crippen LogP contribution in [0.15, 0.2) is 30.6 Å². The first-order chi connectivity index (χ1) is 4.93. The molecule has 10 heavy (non-hydrogen) atoms. The summed E-state index contributed by atoms with van der Waals surface area (Å²) in [5, 5.41) is 0. The van der Waals surface area contributed by atoms with Crippen LogP contribution in [0.25, 0.3) is 6.20 Å². The molecular formula is C9H13N. The highest BCUT2D eigenvalue weighted by atomic mass is 14.9. The van der Waals surface area contributed by atoms with Gasteiger partial charge in [-0.3, -0.25) is 0 Å². The van der Waals surface area contributed by atoms with Gasteiger partial charge in [0, 0.05) is 18.6 Å². The summed E-state index contributed by atoms with van der Waals surface area (Å²) in [6.07, 6.45) is 10.7. The lowest BCUT2D eigenvalue weighted by Crippen LogP contribution is -1.76. The van der Waals surface area contributed by atoms with Crippen molar-refractivity contribution in [2.24, 2.45) is 0 Å². The molecule has 0 aliphatic rings. The van der Waals surface area contributed by atoms with Crippen LogP contribution in [0.2, 0.25) is 0 Å². The van der Waals surface area contributed by atoms with Gasteiger partial charge in [0.1, 0.15) is 0 Å². The predicted molar refractivity (Wildman–Crippen MR) is 44.7 cm³/mol. The molecule has 1 heterocycles. The van der Waals surface area contributed by atoms with Crippen molar-refractivity contribution in [1.29, 1.82) is 0 Å². The Hall–Kier alpha value is -0.980. The van der Waals surface area contributed by atoms with Crippen LogP contribution < -0.4 is 0 Å². The molecule has 54 valence electrons. The summed E-state index contributed by atoms with van der Waals surface area (Å²) in [7, 11) is 0. The number of allylic oxidation sites excluding steroid dienone is 1. The second kappa shape index (κ2) is 3.94. The zero-order valence-corrected chi connectivity index (χ0v) is 6.33. The quantitative estimate of drug-likeness (QED) is 0.600. The molecule has 0 aromatic carbocycles. The van der Waals surface area contributed by atoms with Crippen LogP contribution in [0.3, 0.4) is 0 Å². The number of hydrogen-bond donors (Lipinski definition) is 0. The summed E-state index contributed by atoms with van der Waals surface area (Å²) < 4.78 is 2.05. The molecule has 0 aliphatic heterocycles. The van der Waals surface area contributed by atoms with Crippen molar-refractivity contribution < 1.29 is 0 Å². The minimum atomic E-state index is 1.16. The number of unbranched alkanes of at least 4 members (excludes halogenated alkanes) is 1. The molecule has 1 aromatic heterocycles. The van der Waals surface area contributed by atoms with Crippen molar-refractivity contribution in [3.05, 3.63) is 30.6 Å². The average Bonchev–Trinajstić information content (AvgIpc) is 2.41. The molecule has 0 amide bonds. The van der Waals surface area contributed by atoms with E-state index < -0.39 is 0 Å². The number of hydrogen-bond acceptors (Lipinski definition) is 0. The summed E-state index contributed by atoms with van der Waals surface area (Å²) >= 11 is 0. The second-order valence-electron chi connectivity index (χ2n) is 2.30. The Kier molecular flexibility index (Phi) is 2.81. The summed E-state index contributed by atoms with van der Waals surface area (Å²) in [4.78, 5) is 0. The topological polar surface area (TPSA) is 4.93 Å². The van der Waals surface area contributed by atoms with Gasteiger partial charge in [-0.15, -0.1) is 0 Å². The van der Waals surface area contributed by atoms with Crippen molar-refractivity contribution in [1.82, 2.24) is 4.57 Å². The Morgan fingerprint density at radius 3 is 2.60 bits per heavy atom. The van der Waals surface area contributed by atoms with Gasteiger partial charge in [-0.25, -0.2) is 0 Å². The van der Waals surface area contributed by atoms with E-state index in [1.807, 2.05) is 24.5 Å². The fourth-order valence-corrected chi connectivity index (χ4v) is 0.810. The third kappa shape index (κ3) is 2.09. The van der Waals surface area contributed by atoms with E-state index in [0.29, 0.717) is 0 Å². The molecule has 0 N–H and O–H groups in total. The van der Waals surface area contributed by atoms with Crippen molar-refractivity contribution in [2.45, 2.75) is 19.8 Å². The van der Waals surface area contributed by atoms with Gasteiger partial charge in [-0.05, 0) is 18.6 Å². The number of rotatable bonds is 3. The zero-order chi connectivity index (χ0) is 7.23. The van der Waals surface area contributed by atoms with E-state index in [-0.39, 0.29) is 0 Å². The minimum Gasteiger partial charge on any atom is -0.331 e. The van der Waals surface area contributed by atoms with Crippen LogP contribution in [-0.4, -0.2) is 4.57 Å². The lowest BCUT2D eigenvalue weighted by molar-refractivity contribution is 0.956. The highest BCUT2D eigenvalue weighted by molar-refractivity contribution is 5.22. The Bertz CT molecular complexity index is 185. The van der Waals surface area contributed by atoms with Crippen LogP contribution in [0.4, 0.5) is 0 Å². The summed E-state index contributed by atoms with van der Waals surface area (Å²) in [5.41, 5.74) is 0. The maximum Gasteiger partial charge on any atom is 0.00823 e. The Labute approximate surface area is 62.0 Å². The normalized spacial score (nSPS) is 10.9. The fourth-order valence-electron chi connectivity index (χ4n) is 0.810. The van der Waals surface area contributed by atoms with Gasteiger partial charge in [0.25, 0.3) is 0 Å². The molecule has 0 saturated carbocycles. The van der Waals surface area contributed by atoms with E-state index >= 15 is 0 Å². The number of nitrogens with zero attached hydrogens (tertiary/aromatic N) is 1. The predicted octanol–water partition coefficient (Wildman–Crippen LogP) is 2.76. The highest BCUT2D eigenvalue weighted by Gasteiger charge is 1.77. The average molecular weight is 135 g/mol. The van der Waals surface area contributed by atoms with Crippen LogP contribution in [0, 0.1) is 0 Å². The molecule has 1 heteroatoms. The lowest BCUT2D eigenvalue weighted by atomic mass is 10.3. The largest absolute Gasteiger partial charge is 0.331 e. The molecule has 0 bridgehead atoms. The van der Waals surface area contributed by atoms with Gasteiger partial charge < -0.3 is 4.57 Å². The van der Waals surface area contributed by atoms with Gasteiger partial charge in [0.15, 0.2) is 0 Å². The van der Waals surface area contributed by atoms with Crippen molar-refractivity contribution in [3.8, 4) is 0 Å². The third-order valence-corrected chi connectivity index (χ3v) is 1.36. The van der Waals surface area contributed by atoms with Crippen LogP contribution in [0.5, 0.6) is 0 Å². The van der Waals surface area contributed by atoms with E-state index in [1.165, 1.54) is 6.42 Å². The molecule has 1 aromatic rings. The van der Waals surface area contributed by atoms with E-state index in [0.717, 1.165) is 6.42 Å². The highest BCUT2D eigenvalue weighted by Crippen LogP contribution is 1.94. The lowest BCUT2D eigenvalue weighted by Gasteiger charge is -1.89. The first-order valence-corrected chi connectivity index (χ1v) is 3.72. The summed E-state index contributed by atoms with van der Waals surface area (Å²) in [6.45, 7) is 2.18. The molecule has 0 radical (unpaired) electrons. The molecule has 0 aliphatic carbocycles. The molecule has 0 unspecified atom stereocenters. The third-order valence-electron chi connectivity index (χ3n) is 1.36. The van der Waals surface area contributed by atoms with Crippen LogP contribution in [0.1, 0.15) is 19.8 Å². The van der Waals surface area contributed by atoms with Crippen LogP contribution >= 0.6 is 0 Å². The molecule has 0 atom stereocenters. The van der Waals surface area contributed by atoms with Crippen molar-refractivity contribution in [2.75, 3.05) is 0 Å². The van der Waals surface area contributed by atoms with E-state index in [1.54, 1.807) is 0 Å². The Morgan fingerprint density at radius 1 is 1.30 bits per heavy atom. The number of aromatic nitrogens is 1. The van der Waals surface area contributed by atoms with E-state index in [4.69, 9.17) is 0 Å². The van der Waals surface area contributed by atoms with E-state index in [9.17, 15) is 0 Å². The van der Waals surface area contributed by atoms with Gasteiger partial charge in [0.2, 0.25) is 0 Å². The molecule has 1 nitrogen and oxygen atoms in total. The van der Waals surface area contributed by atoms with Gasteiger partial charge >= 0.3 is 0 Å². The monoisotopic (exact) mass is 135 g/mol. The molecule has 0 saturated heterocycles. The smallest absolute Gasteiger partial charge is 0.00823 e. The maximum atomic E-state index is 2.18. The first kappa shape index (κ1) is 7.13. The summed E-state index contributed by atoms with van der Waals surface area (Å²) in [5.74, 6) is 0. The SMILES string of the molecule is CCCC=Cn1cccc1. The second-order valence-corrected chi connectivity index (χ2v) is 2.30. The maximum absolute atomic E-state index is 2.18. The van der Waals surface area contributed by atoms with Gasteiger partial charge in [-0.2, -0.15) is 0 Å². The van der Waals surface area contributed by atoms with Crippen molar-refractivity contribution >= 4 is 6.20 Å². The van der Waals surface area contributed by atoms with Gasteiger partial charge in [-0.1, -0.05) is 19.4 Å². The first-order valence-electron chi connectivity index (χ1n) is 3.72. The Morgan fingerprint density at radius 2 is 2.00 bits per heavy atom. The molecule has 0 spiro atoms. The molecular weight excluding hydrogens is 122 g/mol. The fraction of sp³-hybridized carbons (Fsp3) is 0.333. The van der Waals surface area contributed by atoms with Crippen molar-refractivity contribution in [3.63, 3.8) is 0 Å².